The summed E-state index contributed by atoms with van der Waals surface area (Å²) in [6, 6.07) is 9.72. The van der Waals surface area contributed by atoms with Crippen molar-refractivity contribution in [3.63, 3.8) is 0 Å². The molecule has 0 saturated heterocycles. The van der Waals surface area contributed by atoms with Crippen LogP contribution in [0.15, 0.2) is 36.7 Å². The van der Waals surface area contributed by atoms with Crippen LogP contribution in [0.25, 0.3) is 11.1 Å². The van der Waals surface area contributed by atoms with Crippen molar-refractivity contribution in [1.82, 2.24) is 14.8 Å². The zero-order valence-electron chi connectivity index (χ0n) is 24.4. The van der Waals surface area contributed by atoms with Gasteiger partial charge in [-0.15, -0.1) is 0 Å². The lowest BCUT2D eigenvalue weighted by Gasteiger charge is -2.30. The molecule has 216 valence electrons. The number of aromatic hydroxyl groups is 1. The minimum atomic E-state index is 0.0447. The van der Waals surface area contributed by atoms with Gasteiger partial charge in [-0.3, -0.25) is 9.48 Å². The van der Waals surface area contributed by atoms with E-state index in [1.54, 1.807) is 13.2 Å². The Balaban J connectivity index is 1.40. The molecule has 0 bridgehead atoms. The number of ether oxygens (including phenoxy) is 1. The van der Waals surface area contributed by atoms with Crippen LogP contribution in [-0.4, -0.2) is 32.9 Å². The molecule has 0 aliphatic heterocycles. The number of rotatable bonds is 8. The predicted molar refractivity (Wildman–Crippen MR) is 159 cm³/mol. The largest absolute Gasteiger partial charge is 0.507 e. The third kappa shape index (κ3) is 6.40. The SMILES string of the molecule is COc1ccc(C2CCC(Cc3c(NC(=O)C4CCCCC4)ccc(O)c3-c3cnn(C(C)C)c3)CC2)nc1C#N. The van der Waals surface area contributed by atoms with Gasteiger partial charge in [0.25, 0.3) is 0 Å². The number of methoxy groups -OCH3 is 1. The van der Waals surface area contributed by atoms with Crippen LogP contribution in [0.3, 0.4) is 0 Å². The normalized spacial score (nSPS) is 19.6. The van der Waals surface area contributed by atoms with Crippen LogP contribution in [0, 0.1) is 23.2 Å². The molecule has 5 rings (SSSR count). The number of phenolic OH excluding ortho intramolecular Hbond substituents is 1. The van der Waals surface area contributed by atoms with Crippen LogP contribution in [0.4, 0.5) is 5.69 Å². The molecule has 3 aromatic rings. The molecule has 0 atom stereocenters. The molecule has 2 aliphatic rings. The van der Waals surface area contributed by atoms with Crippen molar-refractivity contribution >= 4 is 11.6 Å². The molecular weight excluding hydrogens is 514 g/mol. The summed E-state index contributed by atoms with van der Waals surface area (Å²) >= 11 is 0. The Labute approximate surface area is 242 Å². The standard InChI is InChI=1S/C33H41N5O3/c1-21(2)38-20-25(19-35-38)32-26(28(13-15-30(32)39)37-33(40)24-7-5-4-6-8-24)17-22-9-11-23(12-10-22)27-14-16-31(41-3)29(18-34)36-27/h13-16,19-24,39H,4-12,17H2,1-3H3,(H,37,40). The highest BCUT2D eigenvalue weighted by molar-refractivity contribution is 5.95. The summed E-state index contributed by atoms with van der Waals surface area (Å²) in [7, 11) is 1.55. The zero-order valence-corrected chi connectivity index (χ0v) is 24.4. The average Bonchev–Trinajstić information content (AvgIpc) is 3.49. The smallest absolute Gasteiger partial charge is 0.227 e. The maximum absolute atomic E-state index is 13.3. The number of hydrogen-bond acceptors (Lipinski definition) is 6. The maximum atomic E-state index is 13.3. The minimum absolute atomic E-state index is 0.0447. The first kappa shape index (κ1) is 28.7. The summed E-state index contributed by atoms with van der Waals surface area (Å²) in [6.07, 6.45) is 13.7. The second-order valence-electron chi connectivity index (χ2n) is 11.9. The first-order chi connectivity index (χ1) is 19.9. The summed E-state index contributed by atoms with van der Waals surface area (Å²) in [5.41, 5.74) is 4.67. The molecule has 0 radical (unpaired) electrons. The third-order valence-corrected chi connectivity index (χ3v) is 8.91. The van der Waals surface area contributed by atoms with Gasteiger partial charge < -0.3 is 15.2 Å². The van der Waals surface area contributed by atoms with E-state index in [2.05, 4.69) is 35.3 Å². The number of pyridine rings is 1. The summed E-state index contributed by atoms with van der Waals surface area (Å²) in [6.45, 7) is 4.15. The summed E-state index contributed by atoms with van der Waals surface area (Å²) < 4.78 is 7.17. The van der Waals surface area contributed by atoms with E-state index < -0.39 is 0 Å². The van der Waals surface area contributed by atoms with Gasteiger partial charge in [0, 0.05) is 46.6 Å². The summed E-state index contributed by atoms with van der Waals surface area (Å²) in [5, 5.41) is 28.4. The Morgan fingerprint density at radius 1 is 1.12 bits per heavy atom. The van der Waals surface area contributed by atoms with Gasteiger partial charge in [-0.1, -0.05) is 19.3 Å². The average molecular weight is 556 g/mol. The van der Waals surface area contributed by atoms with E-state index in [9.17, 15) is 15.2 Å². The number of anilines is 1. The molecule has 2 aromatic heterocycles. The number of carbonyl (C=O) groups excluding carboxylic acids is 1. The van der Waals surface area contributed by atoms with Crippen LogP contribution in [0.1, 0.15) is 101 Å². The van der Waals surface area contributed by atoms with Crippen molar-refractivity contribution in [1.29, 1.82) is 5.26 Å². The first-order valence-corrected chi connectivity index (χ1v) is 15.0. The van der Waals surface area contributed by atoms with E-state index in [0.29, 0.717) is 23.3 Å². The number of aromatic nitrogens is 3. The fraction of sp³-hybridized carbons (Fsp3) is 0.515. The van der Waals surface area contributed by atoms with Gasteiger partial charge in [0.2, 0.25) is 5.91 Å². The molecule has 0 unspecified atom stereocenters. The highest BCUT2D eigenvalue weighted by Crippen LogP contribution is 2.43. The lowest BCUT2D eigenvalue weighted by molar-refractivity contribution is -0.120. The van der Waals surface area contributed by atoms with Crippen LogP contribution < -0.4 is 10.1 Å². The zero-order chi connectivity index (χ0) is 28.9. The van der Waals surface area contributed by atoms with Crippen LogP contribution in [0.2, 0.25) is 0 Å². The van der Waals surface area contributed by atoms with Crippen LogP contribution >= 0.6 is 0 Å². The van der Waals surface area contributed by atoms with Crippen molar-refractivity contribution < 1.29 is 14.6 Å². The minimum Gasteiger partial charge on any atom is -0.507 e. The molecule has 2 fully saturated rings. The fourth-order valence-electron chi connectivity index (χ4n) is 6.52. The second-order valence-corrected chi connectivity index (χ2v) is 11.9. The van der Waals surface area contributed by atoms with Crippen LogP contribution in [0.5, 0.6) is 11.5 Å². The first-order valence-electron chi connectivity index (χ1n) is 15.0. The second kappa shape index (κ2) is 12.8. The van der Waals surface area contributed by atoms with E-state index in [-0.39, 0.29) is 23.6 Å². The molecule has 2 aliphatic carbocycles. The van der Waals surface area contributed by atoms with E-state index in [0.717, 1.165) is 85.9 Å². The summed E-state index contributed by atoms with van der Waals surface area (Å²) in [4.78, 5) is 17.9. The van der Waals surface area contributed by atoms with E-state index in [1.807, 2.05) is 35.3 Å². The number of benzene rings is 1. The number of phenols is 1. The van der Waals surface area contributed by atoms with Gasteiger partial charge in [-0.2, -0.15) is 10.4 Å². The number of hydrogen-bond donors (Lipinski definition) is 2. The molecule has 2 saturated carbocycles. The number of carbonyl (C=O) groups is 1. The Kier molecular flexibility index (Phi) is 8.92. The summed E-state index contributed by atoms with van der Waals surface area (Å²) in [5.74, 6) is 1.53. The highest BCUT2D eigenvalue weighted by atomic mass is 16.5. The van der Waals surface area contributed by atoms with E-state index >= 15 is 0 Å². The van der Waals surface area contributed by atoms with E-state index in [1.165, 1.54) is 6.42 Å². The maximum Gasteiger partial charge on any atom is 0.227 e. The molecule has 8 heteroatoms. The lowest BCUT2D eigenvalue weighted by Crippen LogP contribution is -2.25. The Morgan fingerprint density at radius 2 is 1.88 bits per heavy atom. The molecule has 1 aromatic carbocycles. The number of nitrogens with zero attached hydrogens (tertiary/aromatic N) is 4. The molecule has 2 heterocycles. The molecule has 41 heavy (non-hydrogen) atoms. The Bertz CT molecular complexity index is 1410. The quantitative estimate of drug-likeness (QED) is 0.286. The van der Waals surface area contributed by atoms with Crippen molar-refractivity contribution in [2.45, 2.75) is 90.0 Å². The van der Waals surface area contributed by atoms with Crippen molar-refractivity contribution in [2.75, 3.05) is 12.4 Å². The molecule has 0 spiro atoms. The van der Waals surface area contributed by atoms with Gasteiger partial charge in [0.1, 0.15) is 11.8 Å². The molecule has 1 amide bonds. The number of nitrogens with one attached hydrogen (secondary N) is 1. The monoisotopic (exact) mass is 555 g/mol. The van der Waals surface area contributed by atoms with Gasteiger partial charge in [0.15, 0.2) is 11.4 Å². The van der Waals surface area contributed by atoms with Crippen molar-refractivity contribution in [3.05, 3.63) is 53.6 Å². The number of amides is 1. The lowest BCUT2D eigenvalue weighted by atomic mass is 9.77. The molecular formula is C33H41N5O3. The Morgan fingerprint density at radius 3 is 2.54 bits per heavy atom. The third-order valence-electron chi connectivity index (χ3n) is 8.91. The van der Waals surface area contributed by atoms with Crippen molar-refractivity contribution in [3.8, 4) is 28.7 Å². The molecule has 2 N–H and O–H groups in total. The van der Waals surface area contributed by atoms with Crippen LogP contribution in [-0.2, 0) is 11.2 Å². The highest BCUT2D eigenvalue weighted by Gasteiger charge is 2.28. The predicted octanol–water partition coefficient (Wildman–Crippen LogP) is 7.15. The van der Waals surface area contributed by atoms with Gasteiger partial charge in [0.05, 0.1) is 13.3 Å². The van der Waals surface area contributed by atoms with Gasteiger partial charge in [-0.05, 0) is 94.5 Å². The Hall–Kier alpha value is -3.86. The number of nitriles is 1. The van der Waals surface area contributed by atoms with Gasteiger partial charge in [-0.25, -0.2) is 4.98 Å². The van der Waals surface area contributed by atoms with Gasteiger partial charge >= 0.3 is 0 Å². The van der Waals surface area contributed by atoms with E-state index in [4.69, 9.17) is 4.74 Å². The molecule has 8 nitrogen and oxygen atoms in total. The van der Waals surface area contributed by atoms with Crippen molar-refractivity contribution in [2.24, 2.45) is 11.8 Å². The topological polar surface area (TPSA) is 113 Å². The fourth-order valence-corrected chi connectivity index (χ4v) is 6.52.